The summed E-state index contributed by atoms with van der Waals surface area (Å²) >= 11 is 0. The minimum absolute atomic E-state index is 0.534. The number of nitrogens with zero attached hydrogens (tertiary/aromatic N) is 1. The zero-order valence-electron chi connectivity index (χ0n) is 13.7. The van der Waals surface area contributed by atoms with E-state index in [2.05, 4.69) is 10.2 Å². The number of nitrogens with one attached hydrogen (secondary N) is 1. The summed E-state index contributed by atoms with van der Waals surface area (Å²) in [5.74, 6) is -5.11. The van der Waals surface area contributed by atoms with E-state index in [9.17, 15) is 19.2 Å². The molecule has 0 aliphatic carbocycles. The average molecular weight is 342 g/mol. The molecule has 1 heterocycles. The van der Waals surface area contributed by atoms with Crippen LogP contribution >= 0.6 is 0 Å². The predicted octanol–water partition coefficient (Wildman–Crippen LogP) is -0.479. The molecular formula is C14H18N2O8. The van der Waals surface area contributed by atoms with Gasteiger partial charge < -0.3 is 24.3 Å². The first kappa shape index (κ1) is 19.4. The highest BCUT2D eigenvalue weighted by Gasteiger charge is 2.61. The summed E-state index contributed by atoms with van der Waals surface area (Å²) in [5.41, 5.74) is 0. The highest BCUT2D eigenvalue weighted by Crippen LogP contribution is 2.32. The normalized spacial score (nSPS) is 24.9. The summed E-state index contributed by atoms with van der Waals surface area (Å²) in [6.07, 6.45) is -2.68. The summed E-state index contributed by atoms with van der Waals surface area (Å²) in [7, 11) is 0. The maximum absolute atomic E-state index is 11.5. The maximum Gasteiger partial charge on any atom is 0.352 e. The molecule has 1 rings (SSSR count). The van der Waals surface area contributed by atoms with Gasteiger partial charge >= 0.3 is 29.9 Å². The summed E-state index contributed by atoms with van der Waals surface area (Å²) in [4.78, 5) is 49.0. The minimum atomic E-state index is -2.11. The molecule has 1 aliphatic heterocycles. The largest absolute Gasteiger partial charge is 0.451 e. The lowest BCUT2D eigenvalue weighted by Crippen LogP contribution is -2.69. The third kappa shape index (κ3) is 4.66. The van der Waals surface area contributed by atoms with E-state index in [-0.39, 0.29) is 0 Å². The second kappa shape index (κ2) is 7.74. The van der Waals surface area contributed by atoms with Crippen LogP contribution in [-0.2, 0) is 38.1 Å². The highest BCUT2D eigenvalue weighted by atomic mass is 16.8. The first-order valence-electron chi connectivity index (χ1n) is 6.93. The van der Waals surface area contributed by atoms with Gasteiger partial charge in [-0.15, -0.1) is 0 Å². The molecule has 1 fully saturated rings. The molecule has 24 heavy (non-hydrogen) atoms. The van der Waals surface area contributed by atoms with Crippen LogP contribution in [0.4, 0.5) is 0 Å². The van der Waals surface area contributed by atoms with Crippen LogP contribution in [0.15, 0.2) is 0 Å². The number of hydrogen-bond donors (Lipinski definition) is 1. The van der Waals surface area contributed by atoms with Crippen LogP contribution in [0.1, 0.15) is 27.7 Å². The van der Waals surface area contributed by atoms with E-state index < -0.39 is 54.6 Å². The topological polar surface area (TPSA) is 122 Å². The number of carbonyl (C=O) groups is 4. The van der Waals surface area contributed by atoms with Crippen LogP contribution in [0.3, 0.4) is 0 Å². The molecule has 0 unspecified atom stereocenters. The molecule has 1 saturated heterocycles. The van der Waals surface area contributed by atoms with Gasteiger partial charge in [0.15, 0.2) is 6.04 Å². The van der Waals surface area contributed by atoms with E-state index in [1.54, 1.807) is 0 Å². The maximum atomic E-state index is 11.5. The number of esters is 3. The van der Waals surface area contributed by atoms with E-state index in [0.29, 0.717) is 0 Å². The molecule has 10 heteroatoms. The van der Waals surface area contributed by atoms with Crippen molar-refractivity contribution in [3.8, 4) is 0 Å². The Bertz CT molecular complexity index is 566. The van der Waals surface area contributed by atoms with E-state index in [1.165, 1.54) is 6.92 Å². The van der Waals surface area contributed by atoms with Gasteiger partial charge in [-0.2, -0.15) is 0 Å². The van der Waals surface area contributed by atoms with Crippen LogP contribution in [0.2, 0.25) is 0 Å². The van der Waals surface area contributed by atoms with Crippen molar-refractivity contribution in [1.29, 1.82) is 0 Å². The fourth-order valence-electron chi connectivity index (χ4n) is 2.33. The number of hydrogen-bond acceptors (Lipinski definition) is 8. The summed E-state index contributed by atoms with van der Waals surface area (Å²) in [6, 6.07) is -1.21. The summed E-state index contributed by atoms with van der Waals surface area (Å²) in [5, 5.41) is 2.40. The fourth-order valence-corrected chi connectivity index (χ4v) is 2.33. The summed E-state index contributed by atoms with van der Waals surface area (Å²) < 4.78 is 20.5. The van der Waals surface area contributed by atoms with Gasteiger partial charge in [-0.25, -0.2) is 6.57 Å². The molecular weight excluding hydrogens is 324 g/mol. The number of rotatable bonds is 4. The van der Waals surface area contributed by atoms with Crippen molar-refractivity contribution in [3.05, 3.63) is 11.4 Å². The number of carbonyl (C=O) groups excluding carboxylic acids is 4. The Hall–Kier alpha value is -2.67. The fraction of sp³-hybridized carbons (Fsp3) is 0.643. The second-order valence-electron chi connectivity index (χ2n) is 5.09. The lowest BCUT2D eigenvalue weighted by Gasteiger charge is -2.43. The zero-order valence-corrected chi connectivity index (χ0v) is 13.7. The van der Waals surface area contributed by atoms with Gasteiger partial charge in [0.05, 0.1) is 0 Å². The Morgan fingerprint density at radius 2 is 1.62 bits per heavy atom. The molecule has 0 saturated carbocycles. The molecule has 3 atom stereocenters. The first-order chi connectivity index (χ1) is 11.1. The van der Waals surface area contributed by atoms with Gasteiger partial charge in [-0.3, -0.25) is 24.0 Å². The predicted molar refractivity (Wildman–Crippen MR) is 75.8 cm³/mol. The number of ether oxygens (including phenoxy) is 4. The van der Waals surface area contributed by atoms with Crippen molar-refractivity contribution in [2.75, 3.05) is 6.61 Å². The molecule has 132 valence electrons. The molecule has 0 aromatic carbocycles. The van der Waals surface area contributed by atoms with Crippen molar-refractivity contribution in [2.24, 2.45) is 0 Å². The van der Waals surface area contributed by atoms with Crippen LogP contribution in [-0.4, -0.2) is 54.6 Å². The smallest absolute Gasteiger partial charge is 0.352 e. The Kier molecular flexibility index (Phi) is 6.25. The summed E-state index contributed by atoms with van der Waals surface area (Å²) in [6.45, 7) is 11.0. The number of amides is 1. The average Bonchev–Trinajstić information content (AvgIpc) is 2.40. The first-order valence-corrected chi connectivity index (χ1v) is 6.93. The zero-order chi connectivity index (χ0) is 18.5. The van der Waals surface area contributed by atoms with E-state index in [1.807, 2.05) is 0 Å². The Labute approximate surface area is 138 Å². The SMILES string of the molecule is [C-]#[N+][C@@H]1OCC(OC(C)=O)(OC(C)=O)[C@H](OC(C)=O)[C@H]1NC(C)=O. The van der Waals surface area contributed by atoms with E-state index in [4.69, 9.17) is 25.5 Å². The molecule has 0 aromatic heterocycles. The van der Waals surface area contributed by atoms with Gasteiger partial charge in [0.1, 0.15) is 6.61 Å². The molecule has 0 radical (unpaired) electrons. The molecule has 1 N–H and O–H groups in total. The van der Waals surface area contributed by atoms with Gasteiger partial charge in [-0.05, 0) is 0 Å². The molecule has 1 aliphatic rings. The van der Waals surface area contributed by atoms with Gasteiger partial charge in [-0.1, -0.05) is 0 Å². The van der Waals surface area contributed by atoms with Crippen molar-refractivity contribution < 1.29 is 38.1 Å². The minimum Gasteiger partial charge on any atom is -0.451 e. The Balaban J connectivity index is 3.38. The Morgan fingerprint density at radius 1 is 1.08 bits per heavy atom. The molecule has 0 spiro atoms. The monoisotopic (exact) mass is 342 g/mol. The van der Waals surface area contributed by atoms with Crippen LogP contribution in [0, 0.1) is 6.57 Å². The van der Waals surface area contributed by atoms with Crippen molar-refractivity contribution >= 4 is 23.8 Å². The quantitative estimate of drug-likeness (QED) is 0.413. The molecule has 0 bridgehead atoms. The highest BCUT2D eigenvalue weighted by molar-refractivity contribution is 5.74. The molecule has 10 nitrogen and oxygen atoms in total. The van der Waals surface area contributed by atoms with E-state index >= 15 is 0 Å². The van der Waals surface area contributed by atoms with Gasteiger partial charge in [0, 0.05) is 27.7 Å². The van der Waals surface area contributed by atoms with Crippen molar-refractivity contribution in [3.63, 3.8) is 0 Å². The third-order valence-electron chi connectivity index (χ3n) is 2.95. The standard InChI is InChI=1S/C14H18N2O8/c1-7(17)16-11-12(22-8(2)18)14(23-9(3)19,24-10(4)20)6-21-13(11)15-5/h11-13H,6H2,1-4H3,(H,16,17)/t11-,12-,13-/m1/s1. The van der Waals surface area contributed by atoms with Crippen LogP contribution < -0.4 is 5.32 Å². The second-order valence-corrected chi connectivity index (χ2v) is 5.09. The lowest BCUT2D eigenvalue weighted by atomic mass is 9.97. The molecule has 1 amide bonds. The third-order valence-corrected chi connectivity index (χ3v) is 2.95. The van der Waals surface area contributed by atoms with Crippen molar-refractivity contribution in [1.82, 2.24) is 5.32 Å². The lowest BCUT2D eigenvalue weighted by molar-refractivity contribution is -0.307. The van der Waals surface area contributed by atoms with Crippen LogP contribution in [0.5, 0.6) is 0 Å². The van der Waals surface area contributed by atoms with Gasteiger partial charge in [0.2, 0.25) is 12.0 Å². The molecule has 0 aromatic rings. The van der Waals surface area contributed by atoms with Crippen LogP contribution in [0.25, 0.3) is 4.85 Å². The van der Waals surface area contributed by atoms with Gasteiger partial charge in [0.25, 0.3) is 0 Å². The van der Waals surface area contributed by atoms with Crippen molar-refractivity contribution in [2.45, 2.75) is 51.9 Å². The Morgan fingerprint density at radius 3 is 2.00 bits per heavy atom. The van der Waals surface area contributed by atoms with E-state index in [0.717, 1.165) is 20.8 Å².